The van der Waals surface area contributed by atoms with Crippen molar-refractivity contribution in [3.05, 3.63) is 146 Å². The monoisotopic (exact) mass is 616 g/mol. The lowest BCUT2D eigenvalue weighted by Gasteiger charge is -2.10. The van der Waals surface area contributed by atoms with Crippen LogP contribution < -0.4 is 0 Å². The summed E-state index contributed by atoms with van der Waals surface area (Å²) >= 11 is 0. The van der Waals surface area contributed by atoms with Crippen molar-refractivity contribution in [2.75, 3.05) is 0 Å². The summed E-state index contributed by atoms with van der Waals surface area (Å²) in [6.07, 6.45) is 3.70. The molecule has 48 heavy (non-hydrogen) atoms. The van der Waals surface area contributed by atoms with Crippen LogP contribution in [0, 0.1) is 0 Å². The summed E-state index contributed by atoms with van der Waals surface area (Å²) in [5, 5.41) is 6.45. The fourth-order valence-electron chi connectivity index (χ4n) is 6.73. The molecule has 0 radical (unpaired) electrons. The van der Waals surface area contributed by atoms with Gasteiger partial charge in [0.1, 0.15) is 16.7 Å². The second-order valence-electron chi connectivity index (χ2n) is 11.9. The van der Waals surface area contributed by atoms with Gasteiger partial charge in [-0.15, -0.1) is 0 Å². The van der Waals surface area contributed by atoms with E-state index in [1.165, 1.54) is 5.39 Å². The molecule has 6 aromatic carbocycles. The third-order valence-corrected chi connectivity index (χ3v) is 9.01. The molecule has 0 aliphatic rings. The maximum atomic E-state index is 6.28. The van der Waals surface area contributed by atoms with E-state index in [1.807, 2.05) is 79.0 Å². The lowest BCUT2D eigenvalue weighted by molar-refractivity contribution is 0.667. The van der Waals surface area contributed by atoms with Crippen LogP contribution in [0.3, 0.4) is 0 Å². The molecule has 0 atom stereocenters. The molecule has 6 nitrogen and oxygen atoms in total. The SMILES string of the molecule is c1ccc(-c2nc(-c3ccc(-c4cncc5oc6cc7ccccc7cc6c45)cc3)nc(-c3cccc4oc5ccccc5c34)n2)cc1. The van der Waals surface area contributed by atoms with Gasteiger partial charge in [0.05, 0.1) is 6.20 Å². The number of benzene rings is 6. The highest BCUT2D eigenvalue weighted by molar-refractivity contribution is 6.15. The normalized spacial score (nSPS) is 11.8. The summed E-state index contributed by atoms with van der Waals surface area (Å²) < 4.78 is 12.5. The molecule has 0 unspecified atom stereocenters. The van der Waals surface area contributed by atoms with Crippen molar-refractivity contribution in [2.45, 2.75) is 0 Å². The number of aromatic nitrogens is 4. The second-order valence-corrected chi connectivity index (χ2v) is 11.9. The third kappa shape index (κ3) is 4.20. The average Bonchev–Trinajstić information content (AvgIpc) is 3.72. The number of fused-ring (bicyclic) bond motifs is 7. The Morgan fingerprint density at radius 2 is 1.00 bits per heavy atom. The summed E-state index contributed by atoms with van der Waals surface area (Å²) in [5.41, 5.74) is 7.96. The summed E-state index contributed by atoms with van der Waals surface area (Å²) in [6.45, 7) is 0. The molecule has 10 aromatic rings. The molecule has 0 spiro atoms. The van der Waals surface area contributed by atoms with Crippen LogP contribution in [0.5, 0.6) is 0 Å². The first-order valence-corrected chi connectivity index (χ1v) is 15.8. The number of para-hydroxylation sites is 1. The third-order valence-electron chi connectivity index (χ3n) is 9.01. The van der Waals surface area contributed by atoms with Crippen LogP contribution in [0.1, 0.15) is 0 Å². The number of rotatable bonds is 4. The predicted molar refractivity (Wildman–Crippen MR) is 191 cm³/mol. The van der Waals surface area contributed by atoms with Gasteiger partial charge in [-0.3, -0.25) is 4.98 Å². The Morgan fingerprint density at radius 1 is 0.375 bits per heavy atom. The number of hydrogen-bond donors (Lipinski definition) is 0. The highest BCUT2D eigenvalue weighted by Crippen LogP contribution is 2.39. The van der Waals surface area contributed by atoms with Gasteiger partial charge in [-0.2, -0.15) is 0 Å². The van der Waals surface area contributed by atoms with Crippen LogP contribution in [0.25, 0.3) is 99.9 Å². The molecule has 0 N–H and O–H groups in total. The van der Waals surface area contributed by atoms with Crippen LogP contribution in [-0.4, -0.2) is 19.9 Å². The molecule has 10 rings (SSSR count). The Morgan fingerprint density at radius 3 is 1.83 bits per heavy atom. The van der Waals surface area contributed by atoms with E-state index in [0.717, 1.165) is 77.1 Å². The predicted octanol–water partition coefficient (Wildman–Crippen LogP) is 10.9. The van der Waals surface area contributed by atoms with E-state index in [-0.39, 0.29) is 0 Å². The van der Waals surface area contributed by atoms with Gasteiger partial charge in [0, 0.05) is 50.0 Å². The average molecular weight is 617 g/mol. The van der Waals surface area contributed by atoms with Crippen LogP contribution in [0.4, 0.5) is 0 Å². The van der Waals surface area contributed by atoms with Crippen LogP contribution in [-0.2, 0) is 0 Å². The maximum Gasteiger partial charge on any atom is 0.164 e. The van der Waals surface area contributed by atoms with E-state index in [2.05, 4.69) is 65.6 Å². The number of pyridine rings is 1. The maximum absolute atomic E-state index is 6.28. The minimum atomic E-state index is 0.589. The Hall–Kier alpha value is -6.66. The zero-order chi connectivity index (χ0) is 31.6. The molecular formula is C42H24N4O2. The van der Waals surface area contributed by atoms with Crippen LogP contribution >= 0.6 is 0 Å². The molecular weight excluding hydrogens is 592 g/mol. The summed E-state index contributed by atoms with van der Waals surface area (Å²) in [6, 6.07) is 45.1. The van der Waals surface area contributed by atoms with Gasteiger partial charge < -0.3 is 8.83 Å². The molecule has 0 saturated carbocycles. The van der Waals surface area contributed by atoms with Crippen molar-refractivity contribution in [1.29, 1.82) is 0 Å². The fraction of sp³-hybridized carbons (Fsp3) is 0. The van der Waals surface area contributed by atoms with Crippen molar-refractivity contribution in [3.63, 3.8) is 0 Å². The molecule has 4 heterocycles. The molecule has 0 aliphatic heterocycles. The largest absolute Gasteiger partial charge is 0.456 e. The smallest absolute Gasteiger partial charge is 0.164 e. The van der Waals surface area contributed by atoms with E-state index in [4.69, 9.17) is 23.8 Å². The lowest BCUT2D eigenvalue weighted by Crippen LogP contribution is -2.00. The zero-order valence-corrected chi connectivity index (χ0v) is 25.5. The molecule has 0 aliphatic carbocycles. The van der Waals surface area contributed by atoms with Crippen molar-refractivity contribution in [3.8, 4) is 45.3 Å². The van der Waals surface area contributed by atoms with Crippen molar-refractivity contribution < 1.29 is 8.83 Å². The number of furan rings is 2. The molecule has 4 aromatic heterocycles. The fourth-order valence-corrected chi connectivity index (χ4v) is 6.73. The van der Waals surface area contributed by atoms with E-state index in [0.29, 0.717) is 17.5 Å². The Kier molecular flexibility index (Phi) is 5.77. The van der Waals surface area contributed by atoms with Gasteiger partial charge in [0.15, 0.2) is 23.1 Å². The molecule has 0 bridgehead atoms. The molecule has 224 valence electrons. The minimum Gasteiger partial charge on any atom is -0.456 e. The van der Waals surface area contributed by atoms with E-state index in [9.17, 15) is 0 Å². The van der Waals surface area contributed by atoms with Crippen LogP contribution in [0.15, 0.2) is 155 Å². The highest BCUT2D eigenvalue weighted by atomic mass is 16.3. The van der Waals surface area contributed by atoms with E-state index < -0.39 is 0 Å². The van der Waals surface area contributed by atoms with E-state index >= 15 is 0 Å². The van der Waals surface area contributed by atoms with Crippen LogP contribution in [0.2, 0.25) is 0 Å². The van der Waals surface area contributed by atoms with Gasteiger partial charge in [-0.1, -0.05) is 109 Å². The van der Waals surface area contributed by atoms with E-state index in [1.54, 1.807) is 6.20 Å². The molecule has 0 amide bonds. The summed E-state index contributed by atoms with van der Waals surface area (Å²) in [4.78, 5) is 19.6. The van der Waals surface area contributed by atoms with Gasteiger partial charge in [0.25, 0.3) is 0 Å². The van der Waals surface area contributed by atoms with Crippen molar-refractivity contribution >= 4 is 54.6 Å². The first-order valence-electron chi connectivity index (χ1n) is 15.8. The molecule has 0 saturated heterocycles. The quantitative estimate of drug-likeness (QED) is 0.196. The van der Waals surface area contributed by atoms with Gasteiger partial charge in [0.2, 0.25) is 0 Å². The minimum absolute atomic E-state index is 0.589. The second kappa shape index (κ2) is 10.4. The first kappa shape index (κ1) is 26.5. The Bertz CT molecular complexity index is 2840. The van der Waals surface area contributed by atoms with Crippen molar-refractivity contribution in [1.82, 2.24) is 19.9 Å². The Labute approximate surface area is 274 Å². The molecule has 6 heteroatoms. The zero-order valence-electron chi connectivity index (χ0n) is 25.5. The topological polar surface area (TPSA) is 77.8 Å². The van der Waals surface area contributed by atoms with Gasteiger partial charge in [-0.05, 0) is 40.6 Å². The standard InChI is InChI=1S/C42H24N4O2/c1-2-9-26(10-3-1)40-44-41(46-42(45-40)31-14-8-16-35-38(31)30-13-6-7-15-34(30)47-35)27-19-17-25(18-20-27)33-23-43-24-37-39(33)32-21-28-11-4-5-12-29(28)22-36(32)48-37/h1-24H. The lowest BCUT2D eigenvalue weighted by atomic mass is 9.99. The summed E-state index contributed by atoms with van der Waals surface area (Å²) in [7, 11) is 0. The van der Waals surface area contributed by atoms with Crippen molar-refractivity contribution in [2.24, 2.45) is 0 Å². The Balaban J connectivity index is 1.13. The number of hydrogen-bond acceptors (Lipinski definition) is 6. The first-order chi connectivity index (χ1) is 23.8. The highest BCUT2D eigenvalue weighted by Gasteiger charge is 2.18. The summed E-state index contributed by atoms with van der Waals surface area (Å²) in [5.74, 6) is 1.79. The van der Waals surface area contributed by atoms with Gasteiger partial charge in [-0.25, -0.2) is 15.0 Å². The van der Waals surface area contributed by atoms with Gasteiger partial charge >= 0.3 is 0 Å². The molecule has 0 fully saturated rings. The number of nitrogens with zero attached hydrogens (tertiary/aromatic N) is 4.